The third-order valence-corrected chi connectivity index (χ3v) is 12.2. The molecule has 412 valence electrons. The molecule has 0 N–H and O–H groups in total. The Kier molecular flexibility index (Phi) is 28.0. The number of nitrogens with zero attached hydrogens (tertiary/aromatic N) is 5. The molecule has 0 radical (unpaired) electrons. The summed E-state index contributed by atoms with van der Waals surface area (Å²) in [5, 5.41) is 17.3. The fraction of sp³-hybridized carbons (Fsp3) is 0.365. The predicted molar refractivity (Wildman–Crippen MR) is 307 cm³/mol. The fourth-order valence-electron chi connectivity index (χ4n) is 7.73. The molecule has 78 heavy (non-hydrogen) atoms. The van der Waals surface area contributed by atoms with Crippen molar-refractivity contribution in [2.45, 2.75) is 103 Å². The number of hydrogen-bond acceptors (Lipinski definition) is 15. The average Bonchev–Trinajstić information content (AvgIpc) is 3.47. The zero-order valence-corrected chi connectivity index (χ0v) is 45.3. The van der Waals surface area contributed by atoms with Crippen LogP contribution in [0.1, 0.15) is 128 Å². The van der Waals surface area contributed by atoms with E-state index in [0.717, 1.165) is 86.1 Å². The maximum absolute atomic E-state index is 13.8. The summed E-state index contributed by atoms with van der Waals surface area (Å²) in [4.78, 5) is 52.3. The molecule has 0 saturated heterocycles. The second-order valence-electron chi connectivity index (χ2n) is 18.4. The Balaban J connectivity index is 1.25. The van der Waals surface area contributed by atoms with Crippen LogP contribution in [0.15, 0.2) is 167 Å². The van der Waals surface area contributed by atoms with Crippen molar-refractivity contribution in [1.29, 1.82) is 0 Å². The topological polar surface area (TPSA) is 176 Å². The van der Waals surface area contributed by atoms with Gasteiger partial charge in [-0.25, -0.2) is 19.2 Å². The third-order valence-electron chi connectivity index (χ3n) is 12.2. The van der Waals surface area contributed by atoms with Gasteiger partial charge in [-0.1, -0.05) is 76.2 Å². The summed E-state index contributed by atoms with van der Waals surface area (Å²) in [5.41, 5.74) is 5.88. The number of unbranched alkanes of at least 4 members (excludes halogenated alkanes) is 7. The molecule has 0 aromatic heterocycles. The Morgan fingerprint density at radius 3 is 1.60 bits per heavy atom. The lowest BCUT2D eigenvalue weighted by Crippen LogP contribution is -2.32. The van der Waals surface area contributed by atoms with E-state index in [1.54, 1.807) is 61.0 Å². The average molecular weight is 1060 g/mol. The standard InChI is InChI=1S/C63H75N5O10/c1-5-9-13-18-49-19-21-50(22-20-49)46-64-65-47-51-23-25-53(26-24-51)63(72)78-59(48-77-62(71)52-27-35-57(36-28-52)74-43-15-10-11-16-44-75-60(69)7-3)39-41-68(40-14-12-17-45-76-61(70)8-4)56-33-29-54(30-34-56)66-67-55-31-37-58(38-32-55)73-42-6-2/h7-8,19-38,46-47,59H,3-6,9-18,39-45,48H2,1-2H3/b64-46+,65-47+,67-66+. The maximum Gasteiger partial charge on any atom is 0.338 e. The van der Waals surface area contributed by atoms with Gasteiger partial charge >= 0.3 is 23.9 Å². The van der Waals surface area contributed by atoms with Crippen molar-refractivity contribution in [2.24, 2.45) is 20.4 Å². The zero-order chi connectivity index (χ0) is 55.4. The van der Waals surface area contributed by atoms with E-state index in [0.29, 0.717) is 74.0 Å². The molecule has 1 unspecified atom stereocenters. The molecule has 5 aromatic carbocycles. The number of esters is 4. The molecule has 0 heterocycles. The monoisotopic (exact) mass is 1060 g/mol. The number of hydrogen-bond donors (Lipinski definition) is 0. The Bertz CT molecular complexity index is 2670. The van der Waals surface area contributed by atoms with E-state index in [1.807, 2.05) is 60.7 Å². The molecule has 0 spiro atoms. The molecule has 5 rings (SSSR count). The van der Waals surface area contributed by atoms with E-state index in [1.165, 1.54) is 24.8 Å². The summed E-state index contributed by atoms with van der Waals surface area (Å²) in [7, 11) is 0. The minimum atomic E-state index is -0.827. The highest BCUT2D eigenvalue weighted by Crippen LogP contribution is 2.25. The van der Waals surface area contributed by atoms with Gasteiger partial charge in [-0.15, -0.1) is 0 Å². The predicted octanol–water partition coefficient (Wildman–Crippen LogP) is 13.9. The molecule has 1 atom stereocenters. The summed E-state index contributed by atoms with van der Waals surface area (Å²) in [5.74, 6) is -0.647. The molecule has 0 bridgehead atoms. The first-order valence-electron chi connectivity index (χ1n) is 27.1. The number of rotatable bonds is 37. The van der Waals surface area contributed by atoms with Crippen LogP contribution in [0.25, 0.3) is 0 Å². The number of ether oxygens (including phenoxy) is 6. The van der Waals surface area contributed by atoms with Crippen LogP contribution >= 0.6 is 0 Å². The highest BCUT2D eigenvalue weighted by Gasteiger charge is 2.21. The lowest BCUT2D eigenvalue weighted by Gasteiger charge is -2.27. The van der Waals surface area contributed by atoms with Crippen LogP contribution in [0.3, 0.4) is 0 Å². The van der Waals surface area contributed by atoms with E-state index < -0.39 is 30.0 Å². The van der Waals surface area contributed by atoms with Gasteiger partial charge in [0.25, 0.3) is 0 Å². The second kappa shape index (κ2) is 35.9. The first-order valence-corrected chi connectivity index (χ1v) is 27.1. The van der Waals surface area contributed by atoms with E-state index in [4.69, 9.17) is 28.4 Å². The Morgan fingerprint density at radius 1 is 0.513 bits per heavy atom. The van der Waals surface area contributed by atoms with Crippen molar-refractivity contribution in [1.82, 2.24) is 0 Å². The van der Waals surface area contributed by atoms with Crippen LogP contribution in [0.2, 0.25) is 0 Å². The summed E-state index contributed by atoms with van der Waals surface area (Å²) < 4.78 is 33.8. The van der Waals surface area contributed by atoms with Crippen molar-refractivity contribution >= 4 is 53.4 Å². The summed E-state index contributed by atoms with van der Waals surface area (Å²) >= 11 is 0. The quantitative estimate of drug-likeness (QED) is 0.00703. The van der Waals surface area contributed by atoms with Gasteiger partial charge < -0.3 is 33.3 Å². The number of azo groups is 1. The number of carbonyl (C=O) groups is 4. The van der Waals surface area contributed by atoms with Gasteiger partial charge in [-0.05, 0) is 166 Å². The van der Waals surface area contributed by atoms with Crippen LogP contribution in [0, 0.1) is 0 Å². The van der Waals surface area contributed by atoms with Crippen LogP contribution < -0.4 is 14.4 Å². The smallest absolute Gasteiger partial charge is 0.338 e. The molecule has 0 saturated carbocycles. The lowest BCUT2D eigenvalue weighted by molar-refractivity contribution is -0.138. The number of aryl methyl sites for hydroxylation is 1. The second-order valence-corrected chi connectivity index (χ2v) is 18.4. The van der Waals surface area contributed by atoms with E-state index in [-0.39, 0.29) is 13.2 Å². The number of benzene rings is 5. The summed E-state index contributed by atoms with van der Waals surface area (Å²) in [6.07, 6.45) is 16.3. The Morgan fingerprint density at radius 2 is 1.03 bits per heavy atom. The number of anilines is 1. The van der Waals surface area contributed by atoms with E-state index >= 15 is 0 Å². The highest BCUT2D eigenvalue weighted by molar-refractivity contribution is 5.91. The highest BCUT2D eigenvalue weighted by atomic mass is 16.6. The van der Waals surface area contributed by atoms with Crippen LogP contribution in [0.5, 0.6) is 11.5 Å². The third kappa shape index (κ3) is 23.8. The molecule has 0 aliphatic rings. The first kappa shape index (κ1) is 60.7. The molecule has 0 fully saturated rings. The molecule has 0 aliphatic heterocycles. The molecular weight excluding hydrogens is 987 g/mol. The Hall–Kier alpha value is -8.20. The minimum Gasteiger partial charge on any atom is -0.494 e. The van der Waals surface area contributed by atoms with Crippen LogP contribution in [-0.2, 0) is 35.0 Å². The summed E-state index contributed by atoms with van der Waals surface area (Å²) in [6, 6.07) is 37.0. The number of carbonyl (C=O) groups excluding carboxylic acids is 4. The van der Waals surface area contributed by atoms with Crippen LogP contribution in [0.4, 0.5) is 17.1 Å². The molecule has 15 heteroatoms. The van der Waals surface area contributed by atoms with Crippen molar-refractivity contribution in [3.8, 4) is 11.5 Å². The molecule has 5 aromatic rings. The summed E-state index contributed by atoms with van der Waals surface area (Å²) in [6.45, 7) is 13.8. The molecule has 0 amide bonds. The van der Waals surface area contributed by atoms with E-state index in [2.05, 4.69) is 64.5 Å². The van der Waals surface area contributed by atoms with Gasteiger partial charge in [0, 0.05) is 37.3 Å². The maximum atomic E-state index is 13.8. The normalized spacial score (nSPS) is 11.6. The van der Waals surface area contributed by atoms with Gasteiger partial charge in [0.05, 0.1) is 61.4 Å². The molecule has 0 aliphatic carbocycles. The fourth-order valence-corrected chi connectivity index (χ4v) is 7.73. The van der Waals surface area contributed by atoms with Crippen molar-refractivity contribution in [3.63, 3.8) is 0 Å². The first-order chi connectivity index (χ1) is 38.2. The van der Waals surface area contributed by atoms with Gasteiger partial charge in [0.15, 0.2) is 0 Å². The zero-order valence-electron chi connectivity index (χ0n) is 45.3. The van der Waals surface area contributed by atoms with Gasteiger partial charge in [0.1, 0.15) is 24.2 Å². The van der Waals surface area contributed by atoms with E-state index in [9.17, 15) is 19.2 Å². The SMILES string of the molecule is C=CC(=O)OCCCCCCOc1ccc(C(=O)OCC(CCN(CCCCCOC(=O)C=C)c2ccc(/N=N/c3ccc(OCCC)cc3)cc2)OC(=O)c2ccc(/C=N/N=C/c3ccc(CCCCC)cc3)cc2)cc1. The van der Waals surface area contributed by atoms with Gasteiger partial charge in [-0.3, -0.25) is 0 Å². The minimum absolute atomic E-state index is 0.201. The molecular formula is C63H75N5O10. The molecule has 15 nitrogen and oxygen atoms in total. The largest absolute Gasteiger partial charge is 0.494 e. The Labute approximate surface area is 460 Å². The van der Waals surface area contributed by atoms with Crippen molar-refractivity contribution < 1.29 is 47.6 Å². The van der Waals surface area contributed by atoms with Crippen LogP contribution in [-0.4, -0.2) is 88.5 Å². The lowest BCUT2D eigenvalue weighted by atomic mass is 10.1. The van der Waals surface area contributed by atoms with Gasteiger partial charge in [0.2, 0.25) is 0 Å². The van der Waals surface area contributed by atoms with Crippen molar-refractivity contribution in [2.75, 3.05) is 51.0 Å². The van der Waals surface area contributed by atoms with Crippen molar-refractivity contribution in [3.05, 3.63) is 174 Å². The van der Waals surface area contributed by atoms with Gasteiger partial charge in [-0.2, -0.15) is 20.4 Å².